The third kappa shape index (κ3) is 4.43. The maximum atomic E-state index is 11.8. The maximum Gasteiger partial charge on any atom is 0.248 e. The number of amides is 1. The summed E-state index contributed by atoms with van der Waals surface area (Å²) in [6.45, 7) is 1.78. The molecule has 0 bridgehead atoms. The molecule has 2 rings (SSSR count). The molecular weight excluding hydrogens is 302 g/mol. The van der Waals surface area contributed by atoms with Crippen LogP contribution >= 0.6 is 12.4 Å². The molecule has 6 N–H and O–H groups in total. The highest BCUT2D eigenvalue weighted by Gasteiger charge is 2.02. The number of nitrogens with one attached hydrogen (secondary N) is 1. The van der Waals surface area contributed by atoms with Gasteiger partial charge in [-0.05, 0) is 48.4 Å². The van der Waals surface area contributed by atoms with E-state index >= 15 is 0 Å². The number of carbonyl (C=O) groups excluding carboxylic acids is 1. The summed E-state index contributed by atoms with van der Waals surface area (Å²) in [5.74, 6) is -0.183. The summed E-state index contributed by atoms with van der Waals surface area (Å²) in [5.41, 5.74) is 14.5. The Balaban J connectivity index is 0.00000242. The summed E-state index contributed by atoms with van der Waals surface area (Å²) in [6.07, 6.45) is 2.96. The molecule has 0 aromatic heterocycles. The van der Waals surface area contributed by atoms with Crippen LogP contribution in [-0.4, -0.2) is 11.0 Å². The number of phenolic OH excluding ortho intramolecular Hbond substituents is 1. The average molecular weight is 320 g/mol. The van der Waals surface area contributed by atoms with Gasteiger partial charge in [-0.3, -0.25) is 4.79 Å². The molecule has 116 valence electrons. The molecule has 2 aromatic rings. The standard InChI is InChI=1S/C16H17N3O2.ClH/c1-10-2-5-13(9-15(10)20)19-16(21)7-3-11-8-12(17)4-6-14(11)18;/h2-9,20H,17-18H2,1H3,(H,19,21);1H/b7-3+;. The first-order valence-electron chi connectivity index (χ1n) is 6.39. The molecule has 5 nitrogen and oxygen atoms in total. The van der Waals surface area contributed by atoms with Gasteiger partial charge in [0, 0.05) is 29.2 Å². The summed E-state index contributed by atoms with van der Waals surface area (Å²) in [5, 5.41) is 12.2. The number of hydrogen-bond donors (Lipinski definition) is 4. The lowest BCUT2D eigenvalue weighted by atomic mass is 10.1. The predicted molar refractivity (Wildman–Crippen MR) is 93.0 cm³/mol. The van der Waals surface area contributed by atoms with Gasteiger partial charge in [0.05, 0.1) is 0 Å². The Morgan fingerprint density at radius 1 is 1.18 bits per heavy atom. The monoisotopic (exact) mass is 319 g/mol. The first-order valence-corrected chi connectivity index (χ1v) is 6.39. The van der Waals surface area contributed by atoms with Crippen molar-refractivity contribution in [2.24, 2.45) is 0 Å². The van der Waals surface area contributed by atoms with E-state index in [0.717, 1.165) is 5.56 Å². The van der Waals surface area contributed by atoms with Crippen LogP contribution in [0.15, 0.2) is 42.5 Å². The normalized spacial score (nSPS) is 10.2. The van der Waals surface area contributed by atoms with Crippen LogP contribution in [0.4, 0.5) is 17.1 Å². The minimum Gasteiger partial charge on any atom is -0.508 e. The molecule has 0 atom stereocenters. The third-order valence-electron chi connectivity index (χ3n) is 3.00. The van der Waals surface area contributed by atoms with Crippen LogP contribution < -0.4 is 16.8 Å². The van der Waals surface area contributed by atoms with Gasteiger partial charge in [-0.2, -0.15) is 0 Å². The van der Waals surface area contributed by atoms with E-state index in [1.54, 1.807) is 43.3 Å². The first kappa shape index (κ1) is 17.4. The van der Waals surface area contributed by atoms with E-state index < -0.39 is 0 Å². The SMILES string of the molecule is Cc1ccc(NC(=O)/C=C/c2cc(N)ccc2N)cc1O.Cl. The van der Waals surface area contributed by atoms with Crippen molar-refractivity contribution < 1.29 is 9.90 Å². The molecule has 0 aliphatic rings. The molecule has 0 heterocycles. The number of aryl methyl sites for hydroxylation is 1. The average Bonchev–Trinajstić information content (AvgIpc) is 2.44. The number of nitrogen functional groups attached to an aromatic ring is 2. The van der Waals surface area contributed by atoms with Crippen LogP contribution in [0.3, 0.4) is 0 Å². The number of benzene rings is 2. The quantitative estimate of drug-likeness (QED) is 0.516. The molecule has 0 spiro atoms. The number of aromatic hydroxyl groups is 1. The van der Waals surface area contributed by atoms with Crippen molar-refractivity contribution in [1.82, 2.24) is 0 Å². The van der Waals surface area contributed by atoms with Gasteiger partial charge in [0.15, 0.2) is 0 Å². The van der Waals surface area contributed by atoms with Gasteiger partial charge in [-0.1, -0.05) is 6.07 Å². The van der Waals surface area contributed by atoms with Gasteiger partial charge < -0.3 is 21.9 Å². The molecule has 6 heteroatoms. The number of phenols is 1. The molecule has 0 radical (unpaired) electrons. The van der Waals surface area contributed by atoms with Crippen LogP contribution in [0.5, 0.6) is 5.75 Å². The van der Waals surface area contributed by atoms with Gasteiger partial charge >= 0.3 is 0 Å². The number of nitrogens with two attached hydrogens (primary N) is 2. The van der Waals surface area contributed by atoms with Crippen LogP contribution in [0.2, 0.25) is 0 Å². The van der Waals surface area contributed by atoms with E-state index in [0.29, 0.717) is 22.6 Å². The molecule has 0 unspecified atom stereocenters. The summed E-state index contributed by atoms with van der Waals surface area (Å²) in [6, 6.07) is 10.0. The van der Waals surface area contributed by atoms with Crippen molar-refractivity contribution in [1.29, 1.82) is 0 Å². The smallest absolute Gasteiger partial charge is 0.248 e. The van der Waals surface area contributed by atoms with Crippen molar-refractivity contribution in [2.75, 3.05) is 16.8 Å². The Bertz CT molecular complexity index is 715. The fourth-order valence-electron chi connectivity index (χ4n) is 1.77. The second kappa shape index (κ2) is 7.38. The van der Waals surface area contributed by atoms with Gasteiger partial charge in [0.25, 0.3) is 0 Å². The Kier molecular flexibility index (Phi) is 5.83. The lowest BCUT2D eigenvalue weighted by Gasteiger charge is -2.05. The molecule has 0 fully saturated rings. The largest absolute Gasteiger partial charge is 0.508 e. The summed E-state index contributed by atoms with van der Waals surface area (Å²) >= 11 is 0. The number of anilines is 3. The van der Waals surface area contributed by atoms with Crippen LogP contribution in [0.25, 0.3) is 6.08 Å². The van der Waals surface area contributed by atoms with E-state index in [2.05, 4.69) is 5.32 Å². The Labute approximate surface area is 135 Å². The molecule has 22 heavy (non-hydrogen) atoms. The zero-order valence-corrected chi connectivity index (χ0v) is 12.9. The Morgan fingerprint density at radius 3 is 2.59 bits per heavy atom. The molecule has 0 saturated carbocycles. The van der Waals surface area contributed by atoms with E-state index in [1.165, 1.54) is 12.1 Å². The highest BCUT2D eigenvalue weighted by atomic mass is 35.5. The summed E-state index contributed by atoms with van der Waals surface area (Å²) < 4.78 is 0. The first-order chi connectivity index (χ1) is 9.95. The van der Waals surface area contributed by atoms with Gasteiger partial charge in [-0.15, -0.1) is 12.4 Å². The second-order valence-electron chi connectivity index (χ2n) is 4.71. The van der Waals surface area contributed by atoms with E-state index in [1.807, 2.05) is 0 Å². The zero-order valence-electron chi connectivity index (χ0n) is 12.0. The summed E-state index contributed by atoms with van der Waals surface area (Å²) in [4.78, 5) is 11.8. The Morgan fingerprint density at radius 2 is 1.91 bits per heavy atom. The van der Waals surface area contributed by atoms with Gasteiger partial charge in [0.2, 0.25) is 5.91 Å². The van der Waals surface area contributed by atoms with Crippen LogP contribution in [-0.2, 0) is 4.79 Å². The van der Waals surface area contributed by atoms with Crippen molar-refractivity contribution in [3.63, 3.8) is 0 Å². The fourth-order valence-corrected chi connectivity index (χ4v) is 1.77. The number of hydrogen-bond acceptors (Lipinski definition) is 4. The molecule has 0 aliphatic heterocycles. The summed E-state index contributed by atoms with van der Waals surface area (Å²) in [7, 11) is 0. The highest BCUT2D eigenvalue weighted by molar-refractivity contribution is 6.02. The molecule has 1 amide bonds. The topological polar surface area (TPSA) is 101 Å². The minimum absolute atomic E-state index is 0. The lowest BCUT2D eigenvalue weighted by Crippen LogP contribution is -2.07. The number of halogens is 1. The molecule has 2 aromatic carbocycles. The maximum absolute atomic E-state index is 11.8. The fraction of sp³-hybridized carbons (Fsp3) is 0.0625. The zero-order chi connectivity index (χ0) is 15.4. The van der Waals surface area contributed by atoms with E-state index in [-0.39, 0.29) is 24.1 Å². The van der Waals surface area contributed by atoms with Crippen LogP contribution in [0, 0.1) is 6.92 Å². The molecule has 0 saturated heterocycles. The second-order valence-corrected chi connectivity index (χ2v) is 4.71. The predicted octanol–water partition coefficient (Wildman–Crippen LogP) is 2.94. The Hall–Kier alpha value is -2.66. The van der Waals surface area contributed by atoms with Crippen molar-refractivity contribution in [3.8, 4) is 5.75 Å². The van der Waals surface area contributed by atoms with Gasteiger partial charge in [0.1, 0.15) is 5.75 Å². The van der Waals surface area contributed by atoms with Crippen molar-refractivity contribution >= 4 is 41.5 Å². The van der Waals surface area contributed by atoms with Crippen molar-refractivity contribution in [3.05, 3.63) is 53.6 Å². The molecular formula is C16H18ClN3O2. The number of carbonyl (C=O) groups is 1. The van der Waals surface area contributed by atoms with Crippen molar-refractivity contribution in [2.45, 2.75) is 6.92 Å². The molecule has 0 aliphatic carbocycles. The van der Waals surface area contributed by atoms with E-state index in [4.69, 9.17) is 11.5 Å². The highest BCUT2D eigenvalue weighted by Crippen LogP contribution is 2.21. The van der Waals surface area contributed by atoms with Crippen LogP contribution in [0.1, 0.15) is 11.1 Å². The lowest BCUT2D eigenvalue weighted by molar-refractivity contribution is -0.111. The van der Waals surface area contributed by atoms with Gasteiger partial charge in [-0.25, -0.2) is 0 Å². The number of rotatable bonds is 3. The third-order valence-corrected chi connectivity index (χ3v) is 3.00. The van der Waals surface area contributed by atoms with E-state index in [9.17, 15) is 9.90 Å². The minimum atomic E-state index is -0.319.